The van der Waals surface area contributed by atoms with Crippen LogP contribution in [0.1, 0.15) is 5.56 Å². The van der Waals surface area contributed by atoms with Crippen LogP contribution in [-0.4, -0.2) is 9.55 Å². The third kappa shape index (κ3) is 3.62. The monoisotopic (exact) mass is 472 g/mol. The van der Waals surface area contributed by atoms with Gasteiger partial charge in [-0.2, -0.15) is 0 Å². The van der Waals surface area contributed by atoms with E-state index in [9.17, 15) is 4.79 Å². The van der Waals surface area contributed by atoms with Crippen molar-refractivity contribution >= 4 is 37.5 Å². The average molecular weight is 473 g/mol. The van der Waals surface area contributed by atoms with Crippen LogP contribution in [0, 0.1) is 0 Å². The summed E-state index contributed by atoms with van der Waals surface area (Å²) >= 11 is 5.00. The molecule has 5 aromatic rings. The van der Waals surface area contributed by atoms with Gasteiger partial charge in [0.05, 0.1) is 18.3 Å². The van der Waals surface area contributed by atoms with Gasteiger partial charge < -0.3 is 0 Å². The molecular formula is C25H17BrN2OS. The average Bonchev–Trinajstić information content (AvgIpc) is 3.21. The zero-order valence-electron chi connectivity index (χ0n) is 16.0. The van der Waals surface area contributed by atoms with Gasteiger partial charge in [-0.25, -0.2) is 4.98 Å². The van der Waals surface area contributed by atoms with Crippen LogP contribution in [0.15, 0.2) is 99.8 Å². The van der Waals surface area contributed by atoms with Crippen molar-refractivity contribution in [1.29, 1.82) is 0 Å². The summed E-state index contributed by atoms with van der Waals surface area (Å²) in [6.45, 7) is 0.490. The number of thiophene rings is 1. The summed E-state index contributed by atoms with van der Waals surface area (Å²) in [5, 5.41) is 2.71. The molecule has 0 fully saturated rings. The molecule has 3 aromatic carbocycles. The van der Waals surface area contributed by atoms with E-state index in [2.05, 4.69) is 57.3 Å². The van der Waals surface area contributed by atoms with Crippen molar-refractivity contribution in [1.82, 2.24) is 9.55 Å². The van der Waals surface area contributed by atoms with Crippen molar-refractivity contribution in [2.75, 3.05) is 0 Å². The lowest BCUT2D eigenvalue weighted by Gasteiger charge is -2.07. The first kappa shape index (κ1) is 19.0. The van der Waals surface area contributed by atoms with Crippen molar-refractivity contribution in [2.24, 2.45) is 0 Å². The lowest BCUT2D eigenvalue weighted by molar-refractivity contribution is 0.749. The van der Waals surface area contributed by atoms with Crippen molar-refractivity contribution in [3.63, 3.8) is 0 Å². The molecule has 0 saturated carbocycles. The fourth-order valence-corrected chi connectivity index (χ4v) is 4.95. The molecule has 2 aromatic heterocycles. The summed E-state index contributed by atoms with van der Waals surface area (Å²) in [6, 6.07) is 26.6. The van der Waals surface area contributed by atoms with Gasteiger partial charge in [0, 0.05) is 15.4 Å². The van der Waals surface area contributed by atoms with Crippen molar-refractivity contribution < 1.29 is 0 Å². The number of hydrogen-bond acceptors (Lipinski definition) is 3. The number of hydrogen-bond donors (Lipinski definition) is 0. The normalized spacial score (nSPS) is 11.1. The van der Waals surface area contributed by atoms with Gasteiger partial charge in [0.1, 0.15) is 4.83 Å². The van der Waals surface area contributed by atoms with Gasteiger partial charge in [-0.05, 0) is 34.4 Å². The molecule has 0 N–H and O–H groups in total. The summed E-state index contributed by atoms with van der Waals surface area (Å²) in [7, 11) is 0. The first-order valence-corrected chi connectivity index (χ1v) is 11.2. The van der Waals surface area contributed by atoms with Gasteiger partial charge in [-0.3, -0.25) is 9.36 Å². The highest BCUT2D eigenvalue weighted by Gasteiger charge is 2.14. The van der Waals surface area contributed by atoms with E-state index in [4.69, 9.17) is 0 Å². The summed E-state index contributed by atoms with van der Waals surface area (Å²) < 4.78 is 2.68. The first-order chi connectivity index (χ1) is 14.7. The predicted molar refractivity (Wildman–Crippen MR) is 128 cm³/mol. The van der Waals surface area contributed by atoms with Crippen LogP contribution in [0.25, 0.3) is 32.5 Å². The molecule has 0 aliphatic heterocycles. The summed E-state index contributed by atoms with van der Waals surface area (Å²) in [4.78, 5) is 18.6. The topological polar surface area (TPSA) is 34.9 Å². The van der Waals surface area contributed by atoms with Crippen molar-refractivity contribution in [3.8, 4) is 22.3 Å². The molecule has 146 valence electrons. The molecule has 0 aliphatic rings. The fourth-order valence-electron chi connectivity index (χ4n) is 3.60. The van der Waals surface area contributed by atoms with E-state index in [1.165, 1.54) is 16.9 Å². The Hall–Kier alpha value is -3.02. The fraction of sp³-hybridized carbons (Fsp3) is 0.0400. The SMILES string of the molecule is O=c1c2c(-c3ccc(-c4ccccc4)cc3)csc2ncn1Cc1cccc(Br)c1. The van der Waals surface area contributed by atoms with E-state index in [1.807, 2.05) is 47.8 Å². The number of nitrogens with zero attached hydrogens (tertiary/aromatic N) is 2. The molecule has 0 aliphatic carbocycles. The maximum absolute atomic E-state index is 13.3. The molecule has 0 amide bonds. The minimum absolute atomic E-state index is 0.0108. The zero-order valence-corrected chi connectivity index (χ0v) is 18.4. The first-order valence-electron chi connectivity index (χ1n) is 9.56. The summed E-state index contributed by atoms with van der Waals surface area (Å²) in [5.41, 5.74) is 5.34. The Labute approximate surface area is 186 Å². The Morgan fingerprint density at radius 3 is 2.37 bits per heavy atom. The van der Waals surface area contributed by atoms with E-state index in [0.29, 0.717) is 11.9 Å². The van der Waals surface area contributed by atoms with Gasteiger partial charge in [0.15, 0.2) is 0 Å². The minimum atomic E-state index is -0.0108. The van der Waals surface area contributed by atoms with Crippen LogP contribution >= 0.6 is 27.3 Å². The highest BCUT2D eigenvalue weighted by atomic mass is 79.9. The van der Waals surface area contributed by atoms with Crippen LogP contribution < -0.4 is 5.56 Å². The number of aromatic nitrogens is 2. The summed E-state index contributed by atoms with van der Waals surface area (Å²) in [6.07, 6.45) is 1.64. The smallest absolute Gasteiger partial charge is 0.263 e. The largest absolute Gasteiger partial charge is 0.294 e. The van der Waals surface area contributed by atoms with Crippen molar-refractivity contribution in [2.45, 2.75) is 6.54 Å². The van der Waals surface area contributed by atoms with Gasteiger partial charge >= 0.3 is 0 Å². The molecule has 0 radical (unpaired) electrons. The molecule has 30 heavy (non-hydrogen) atoms. The van der Waals surface area contributed by atoms with Crippen LogP contribution in [0.3, 0.4) is 0 Å². The van der Waals surface area contributed by atoms with E-state index in [1.54, 1.807) is 10.9 Å². The Bertz CT molecular complexity index is 1390. The molecule has 5 rings (SSSR count). The Morgan fingerprint density at radius 2 is 1.60 bits per heavy atom. The summed E-state index contributed by atoms with van der Waals surface area (Å²) in [5.74, 6) is 0. The molecule has 0 saturated heterocycles. The zero-order chi connectivity index (χ0) is 20.5. The predicted octanol–water partition coefficient (Wildman–Crippen LogP) is 6.60. The Morgan fingerprint density at radius 1 is 0.867 bits per heavy atom. The standard InChI is InChI=1S/C25H17BrN2OS/c26-21-8-4-5-17(13-21)14-28-16-27-24-23(25(28)29)22(15-30-24)20-11-9-19(10-12-20)18-6-2-1-3-7-18/h1-13,15-16H,14H2. The van der Waals surface area contributed by atoms with Crippen LogP contribution in [0.4, 0.5) is 0 Å². The molecule has 3 nitrogen and oxygen atoms in total. The molecule has 0 bridgehead atoms. The second kappa shape index (κ2) is 8.01. The Kier molecular flexibility index (Phi) is 5.07. The van der Waals surface area contributed by atoms with Gasteiger partial charge in [0.2, 0.25) is 0 Å². The van der Waals surface area contributed by atoms with Crippen LogP contribution in [-0.2, 0) is 6.54 Å². The molecule has 0 spiro atoms. The highest BCUT2D eigenvalue weighted by molar-refractivity contribution is 9.10. The van der Waals surface area contributed by atoms with Crippen LogP contribution in [0.5, 0.6) is 0 Å². The van der Waals surface area contributed by atoms with E-state index in [-0.39, 0.29) is 5.56 Å². The number of fused-ring (bicyclic) bond motifs is 1. The molecular weight excluding hydrogens is 456 g/mol. The maximum Gasteiger partial charge on any atom is 0.263 e. The number of benzene rings is 3. The van der Waals surface area contributed by atoms with E-state index in [0.717, 1.165) is 31.6 Å². The van der Waals surface area contributed by atoms with Crippen molar-refractivity contribution in [3.05, 3.63) is 111 Å². The Balaban J connectivity index is 1.54. The molecule has 0 atom stereocenters. The van der Waals surface area contributed by atoms with Crippen LogP contribution in [0.2, 0.25) is 0 Å². The molecule has 2 heterocycles. The molecule has 0 unspecified atom stereocenters. The second-order valence-corrected chi connectivity index (χ2v) is 8.85. The minimum Gasteiger partial charge on any atom is -0.294 e. The molecule has 5 heteroatoms. The van der Waals surface area contributed by atoms with E-state index < -0.39 is 0 Å². The third-order valence-electron chi connectivity index (χ3n) is 5.11. The lowest BCUT2D eigenvalue weighted by Crippen LogP contribution is -2.20. The van der Waals surface area contributed by atoms with Gasteiger partial charge in [-0.15, -0.1) is 11.3 Å². The maximum atomic E-state index is 13.3. The number of rotatable bonds is 4. The quantitative estimate of drug-likeness (QED) is 0.295. The van der Waals surface area contributed by atoms with Gasteiger partial charge in [0.25, 0.3) is 5.56 Å². The number of halogens is 1. The lowest BCUT2D eigenvalue weighted by atomic mass is 10.0. The third-order valence-corrected chi connectivity index (χ3v) is 6.49. The van der Waals surface area contributed by atoms with E-state index >= 15 is 0 Å². The van der Waals surface area contributed by atoms with Gasteiger partial charge in [-0.1, -0.05) is 82.7 Å². The second-order valence-electron chi connectivity index (χ2n) is 7.08. The highest BCUT2D eigenvalue weighted by Crippen LogP contribution is 2.32.